The van der Waals surface area contributed by atoms with Crippen LogP contribution in [0.2, 0.25) is 0 Å². The van der Waals surface area contributed by atoms with Crippen LogP contribution in [-0.2, 0) is 14.3 Å². The zero-order chi connectivity index (χ0) is 23.2. The molecule has 8 heteroatoms. The molecular formula is C25H29N3O4S. The van der Waals surface area contributed by atoms with Crippen LogP contribution in [-0.4, -0.2) is 54.3 Å². The van der Waals surface area contributed by atoms with Crippen LogP contribution in [0.25, 0.3) is 0 Å². The van der Waals surface area contributed by atoms with Gasteiger partial charge in [-0.3, -0.25) is 9.59 Å². The van der Waals surface area contributed by atoms with Crippen LogP contribution in [0.3, 0.4) is 0 Å². The van der Waals surface area contributed by atoms with Crippen LogP contribution in [0.5, 0.6) is 0 Å². The van der Waals surface area contributed by atoms with E-state index in [2.05, 4.69) is 12.2 Å². The molecule has 0 saturated carbocycles. The lowest BCUT2D eigenvalue weighted by Crippen LogP contribution is -2.43. The van der Waals surface area contributed by atoms with Gasteiger partial charge in [0.05, 0.1) is 11.6 Å². The molecule has 2 aliphatic heterocycles. The minimum atomic E-state index is -0.364. The van der Waals surface area contributed by atoms with Gasteiger partial charge < -0.3 is 19.9 Å². The molecule has 4 rings (SSSR count). The van der Waals surface area contributed by atoms with E-state index in [1.54, 1.807) is 21.6 Å². The molecule has 1 N–H and O–H groups in total. The van der Waals surface area contributed by atoms with Gasteiger partial charge in [0.2, 0.25) is 0 Å². The summed E-state index contributed by atoms with van der Waals surface area (Å²) < 4.78 is 5.41. The molecule has 33 heavy (non-hydrogen) atoms. The summed E-state index contributed by atoms with van der Waals surface area (Å²) in [5, 5.41) is 3.28. The second-order valence-electron chi connectivity index (χ2n) is 8.40. The Balaban J connectivity index is 1.26. The molecule has 2 aromatic carbocycles. The quantitative estimate of drug-likeness (QED) is 0.675. The second-order valence-corrected chi connectivity index (χ2v) is 9.88. The van der Waals surface area contributed by atoms with Crippen molar-refractivity contribution < 1.29 is 19.1 Å². The molecule has 7 nitrogen and oxygen atoms in total. The van der Waals surface area contributed by atoms with Crippen molar-refractivity contribution in [3.05, 3.63) is 54.6 Å². The molecule has 2 aromatic rings. The first-order valence-corrected chi connectivity index (χ1v) is 12.2. The van der Waals surface area contributed by atoms with E-state index in [0.29, 0.717) is 37.7 Å². The first kappa shape index (κ1) is 23.2. The Kier molecular flexibility index (Phi) is 7.54. The summed E-state index contributed by atoms with van der Waals surface area (Å²) in [4.78, 5) is 42.4. The van der Waals surface area contributed by atoms with E-state index < -0.39 is 0 Å². The van der Waals surface area contributed by atoms with Gasteiger partial charge in [0.25, 0.3) is 5.91 Å². The number of esters is 1. The maximum Gasteiger partial charge on any atom is 0.321 e. The zero-order valence-electron chi connectivity index (χ0n) is 18.7. The Morgan fingerprint density at radius 1 is 0.970 bits per heavy atom. The van der Waals surface area contributed by atoms with E-state index in [4.69, 9.17) is 4.74 Å². The predicted molar refractivity (Wildman–Crippen MR) is 129 cm³/mol. The van der Waals surface area contributed by atoms with Crippen molar-refractivity contribution in [2.45, 2.75) is 36.3 Å². The van der Waals surface area contributed by atoms with Crippen LogP contribution < -0.4 is 10.2 Å². The zero-order valence-corrected chi connectivity index (χ0v) is 19.6. The normalized spacial score (nSPS) is 18.8. The number of thioether (sulfide) groups is 1. The van der Waals surface area contributed by atoms with Crippen molar-refractivity contribution in [1.29, 1.82) is 0 Å². The highest BCUT2D eigenvalue weighted by Crippen LogP contribution is 2.37. The summed E-state index contributed by atoms with van der Waals surface area (Å²) in [7, 11) is 0. The molecule has 0 aromatic heterocycles. The van der Waals surface area contributed by atoms with Crippen molar-refractivity contribution in [3.8, 4) is 0 Å². The second kappa shape index (κ2) is 10.7. The number of para-hydroxylation sites is 2. The van der Waals surface area contributed by atoms with Crippen molar-refractivity contribution in [3.63, 3.8) is 0 Å². The lowest BCUT2D eigenvalue weighted by Gasteiger charge is -2.31. The first-order valence-electron chi connectivity index (χ1n) is 11.3. The summed E-state index contributed by atoms with van der Waals surface area (Å²) in [6.45, 7) is 3.45. The van der Waals surface area contributed by atoms with E-state index in [1.165, 1.54) is 0 Å². The molecule has 3 amide bonds. The van der Waals surface area contributed by atoms with Gasteiger partial charge in [-0.2, -0.15) is 0 Å². The van der Waals surface area contributed by atoms with Crippen LogP contribution in [0.4, 0.5) is 16.2 Å². The van der Waals surface area contributed by atoms with Gasteiger partial charge in [-0.15, -0.1) is 11.8 Å². The number of carbonyl (C=O) groups is 3. The minimum absolute atomic E-state index is 0.171. The minimum Gasteiger partial charge on any atom is -0.455 e. The number of fused-ring (bicyclic) bond motifs is 1. The summed E-state index contributed by atoms with van der Waals surface area (Å²) in [6.07, 6.45) is 1.93. The fourth-order valence-corrected chi connectivity index (χ4v) is 5.23. The molecule has 174 valence electrons. The summed E-state index contributed by atoms with van der Waals surface area (Å²) in [5.41, 5.74) is 1.62. The van der Waals surface area contributed by atoms with Gasteiger partial charge >= 0.3 is 12.0 Å². The van der Waals surface area contributed by atoms with Gasteiger partial charge in [-0.25, -0.2) is 4.79 Å². The number of rotatable bonds is 4. The van der Waals surface area contributed by atoms with Crippen molar-refractivity contribution >= 4 is 41.0 Å². The molecule has 1 saturated heterocycles. The number of nitrogens with zero attached hydrogens (tertiary/aromatic N) is 2. The Labute approximate surface area is 198 Å². The summed E-state index contributed by atoms with van der Waals surface area (Å²) in [5.74, 6) is -0.868. The van der Waals surface area contributed by atoms with E-state index in [1.807, 2.05) is 54.6 Å². The number of amides is 3. The third-order valence-corrected chi connectivity index (χ3v) is 7.26. The van der Waals surface area contributed by atoms with E-state index in [9.17, 15) is 14.4 Å². The Morgan fingerprint density at radius 2 is 1.67 bits per heavy atom. The summed E-state index contributed by atoms with van der Waals surface area (Å²) >= 11 is 1.76. The molecule has 0 spiro atoms. The fraction of sp³-hybridized carbons (Fsp3) is 0.400. The average molecular weight is 468 g/mol. The van der Waals surface area contributed by atoms with Crippen LogP contribution >= 0.6 is 11.8 Å². The molecule has 2 heterocycles. The lowest BCUT2D eigenvalue weighted by molar-refractivity contribution is -0.153. The molecule has 1 fully saturated rings. The number of urea groups is 1. The predicted octanol–water partition coefficient (Wildman–Crippen LogP) is 4.39. The maximum atomic E-state index is 12.9. The average Bonchev–Trinajstić information content (AvgIpc) is 3.01. The fourth-order valence-electron chi connectivity index (χ4n) is 4.12. The van der Waals surface area contributed by atoms with Gasteiger partial charge in [0.15, 0.2) is 6.61 Å². The van der Waals surface area contributed by atoms with Gasteiger partial charge in [0.1, 0.15) is 0 Å². The number of nitrogens with one attached hydrogen (secondary N) is 1. The molecule has 0 aliphatic carbocycles. The monoisotopic (exact) mass is 467 g/mol. The van der Waals surface area contributed by atoms with Crippen LogP contribution in [0, 0.1) is 5.92 Å². The molecular weight excluding hydrogens is 438 g/mol. The Hall–Kier alpha value is -3.00. The highest BCUT2D eigenvalue weighted by atomic mass is 32.2. The Bertz CT molecular complexity index is 992. The van der Waals surface area contributed by atoms with Crippen molar-refractivity contribution in [2.75, 3.05) is 36.5 Å². The SMILES string of the molecule is CC1CCN(C(=O)COC(=O)C2CCN(C(=O)Nc3ccccc3)CC2)c2ccccc2S1. The number of anilines is 2. The molecule has 1 atom stereocenters. The lowest BCUT2D eigenvalue weighted by atomic mass is 9.97. The van der Waals surface area contributed by atoms with Gasteiger partial charge in [0, 0.05) is 35.5 Å². The molecule has 0 radical (unpaired) electrons. The highest BCUT2D eigenvalue weighted by Gasteiger charge is 2.30. The highest BCUT2D eigenvalue weighted by molar-refractivity contribution is 8.00. The van der Waals surface area contributed by atoms with Crippen molar-refractivity contribution in [1.82, 2.24) is 4.90 Å². The largest absolute Gasteiger partial charge is 0.455 e. The van der Waals surface area contributed by atoms with Gasteiger partial charge in [-0.05, 0) is 43.5 Å². The third kappa shape index (κ3) is 5.87. The number of likely N-dealkylation sites (tertiary alicyclic amines) is 1. The topological polar surface area (TPSA) is 79.0 Å². The Morgan fingerprint density at radius 3 is 2.42 bits per heavy atom. The van der Waals surface area contributed by atoms with Crippen LogP contribution in [0.15, 0.2) is 59.5 Å². The first-order chi connectivity index (χ1) is 16.0. The number of hydrogen-bond acceptors (Lipinski definition) is 5. The number of piperidine rings is 1. The van der Waals surface area contributed by atoms with Crippen LogP contribution in [0.1, 0.15) is 26.2 Å². The number of ether oxygens (including phenoxy) is 1. The number of carbonyl (C=O) groups excluding carboxylic acids is 3. The van der Waals surface area contributed by atoms with Gasteiger partial charge in [-0.1, -0.05) is 37.3 Å². The standard InChI is InChI=1S/C25H29N3O4S/c1-18-11-16-28(21-9-5-6-10-22(21)33-18)23(29)17-32-24(30)19-12-14-27(15-13-19)25(31)26-20-7-3-2-4-8-20/h2-10,18-19H,11-17H2,1H3,(H,26,31). The molecule has 0 bridgehead atoms. The van der Waals surface area contributed by atoms with E-state index in [-0.39, 0.29) is 30.4 Å². The number of benzene rings is 2. The summed E-state index contributed by atoms with van der Waals surface area (Å²) in [6, 6.07) is 17.0. The smallest absolute Gasteiger partial charge is 0.321 e. The third-order valence-electron chi connectivity index (χ3n) is 6.02. The molecule has 2 aliphatic rings. The number of hydrogen-bond donors (Lipinski definition) is 1. The van der Waals surface area contributed by atoms with E-state index in [0.717, 1.165) is 22.7 Å². The molecule has 1 unspecified atom stereocenters. The van der Waals surface area contributed by atoms with Crippen molar-refractivity contribution in [2.24, 2.45) is 5.92 Å². The van der Waals surface area contributed by atoms with E-state index >= 15 is 0 Å². The maximum absolute atomic E-state index is 12.9.